The summed E-state index contributed by atoms with van der Waals surface area (Å²) in [6.07, 6.45) is 2.28. The number of halogens is 2. The summed E-state index contributed by atoms with van der Waals surface area (Å²) in [6.45, 7) is 2.81. The van der Waals surface area contributed by atoms with E-state index in [4.69, 9.17) is 11.6 Å². The van der Waals surface area contributed by atoms with Crippen LogP contribution in [-0.2, 0) is 6.54 Å². The zero-order valence-corrected chi connectivity index (χ0v) is 16.5. The molecular formula is C18H16ClFN6OS. The minimum atomic E-state index is -0.626. The fraction of sp³-hybridized carbons (Fsp3) is 0.389. The summed E-state index contributed by atoms with van der Waals surface area (Å²) in [6, 6.07) is 3.74. The van der Waals surface area contributed by atoms with Gasteiger partial charge in [-0.2, -0.15) is 4.37 Å². The van der Waals surface area contributed by atoms with Crippen molar-refractivity contribution >= 4 is 29.0 Å². The topological polar surface area (TPSA) is 76.8 Å². The lowest BCUT2D eigenvalue weighted by Gasteiger charge is -2.33. The summed E-state index contributed by atoms with van der Waals surface area (Å²) >= 11 is 7.12. The van der Waals surface area contributed by atoms with Crippen LogP contribution < -0.4 is 0 Å². The number of amides is 1. The standard InChI is InChI=1S/C18H16ClFN6OS/c1-9-15-22-23-16(17-21-14(24-28-17)10-2-3-10)26(15)7-6-25(9)18(27)12-5-4-11(19)8-13(12)20/h4-5,8-10H,2-3,6-7H2,1H3/t9-/m1/s1. The van der Waals surface area contributed by atoms with E-state index in [-0.39, 0.29) is 22.5 Å². The van der Waals surface area contributed by atoms with E-state index in [1.54, 1.807) is 4.90 Å². The highest BCUT2D eigenvalue weighted by atomic mass is 35.5. The number of rotatable bonds is 3. The molecule has 1 amide bonds. The Bertz CT molecular complexity index is 1080. The average Bonchev–Trinajstić information content (AvgIpc) is 3.24. The first kappa shape index (κ1) is 17.7. The molecule has 3 heterocycles. The molecule has 2 aliphatic rings. The van der Waals surface area contributed by atoms with E-state index in [9.17, 15) is 9.18 Å². The fourth-order valence-corrected chi connectivity index (χ4v) is 4.37. The Morgan fingerprint density at radius 2 is 2.11 bits per heavy atom. The van der Waals surface area contributed by atoms with Crippen LogP contribution in [0.4, 0.5) is 4.39 Å². The molecule has 0 spiro atoms. The average molecular weight is 419 g/mol. The molecule has 1 fully saturated rings. The van der Waals surface area contributed by atoms with Gasteiger partial charge >= 0.3 is 0 Å². The SMILES string of the molecule is C[C@@H]1c2nnc(-c3nc(C4CC4)ns3)n2CCN1C(=O)c1ccc(Cl)cc1F. The van der Waals surface area contributed by atoms with Gasteiger partial charge in [0.05, 0.1) is 11.6 Å². The van der Waals surface area contributed by atoms with Gasteiger partial charge < -0.3 is 9.47 Å². The van der Waals surface area contributed by atoms with Crippen LogP contribution in [0.5, 0.6) is 0 Å². The third kappa shape index (κ3) is 2.89. The molecule has 0 bridgehead atoms. The zero-order valence-electron chi connectivity index (χ0n) is 15.0. The molecule has 0 radical (unpaired) electrons. The van der Waals surface area contributed by atoms with E-state index < -0.39 is 5.82 Å². The summed E-state index contributed by atoms with van der Waals surface area (Å²) in [5, 5.41) is 9.59. The second-order valence-corrected chi connectivity index (χ2v) is 8.25. The molecule has 5 rings (SSSR count). The smallest absolute Gasteiger partial charge is 0.257 e. The molecule has 28 heavy (non-hydrogen) atoms. The van der Waals surface area contributed by atoms with Gasteiger partial charge in [-0.05, 0) is 49.5 Å². The highest BCUT2D eigenvalue weighted by molar-refractivity contribution is 7.09. The van der Waals surface area contributed by atoms with Crippen molar-refractivity contribution in [3.05, 3.63) is 46.3 Å². The van der Waals surface area contributed by atoms with Crippen LogP contribution in [0.3, 0.4) is 0 Å². The van der Waals surface area contributed by atoms with E-state index >= 15 is 0 Å². The molecular weight excluding hydrogens is 403 g/mol. The van der Waals surface area contributed by atoms with Crippen LogP contribution in [0.2, 0.25) is 5.02 Å². The van der Waals surface area contributed by atoms with Crippen molar-refractivity contribution in [2.75, 3.05) is 6.54 Å². The monoisotopic (exact) mass is 418 g/mol. The first-order valence-electron chi connectivity index (χ1n) is 9.06. The second-order valence-electron chi connectivity index (χ2n) is 7.06. The van der Waals surface area contributed by atoms with Crippen LogP contribution in [0.25, 0.3) is 10.8 Å². The molecule has 1 aliphatic carbocycles. The van der Waals surface area contributed by atoms with E-state index in [1.807, 2.05) is 11.5 Å². The summed E-state index contributed by atoms with van der Waals surface area (Å²) < 4.78 is 20.6. The van der Waals surface area contributed by atoms with Gasteiger partial charge in [0.2, 0.25) is 0 Å². The van der Waals surface area contributed by atoms with Crippen LogP contribution in [0.15, 0.2) is 18.2 Å². The van der Waals surface area contributed by atoms with Gasteiger partial charge in [-0.15, -0.1) is 10.2 Å². The van der Waals surface area contributed by atoms with Crippen molar-refractivity contribution in [2.45, 2.75) is 38.3 Å². The third-order valence-electron chi connectivity index (χ3n) is 5.18. The summed E-state index contributed by atoms with van der Waals surface area (Å²) in [5.41, 5.74) is 0.00244. The van der Waals surface area contributed by atoms with Gasteiger partial charge in [0.25, 0.3) is 5.91 Å². The maximum Gasteiger partial charge on any atom is 0.257 e. The lowest BCUT2D eigenvalue weighted by Crippen LogP contribution is -2.41. The van der Waals surface area contributed by atoms with Crippen molar-refractivity contribution in [1.82, 2.24) is 29.0 Å². The highest BCUT2D eigenvalue weighted by Gasteiger charge is 2.34. The van der Waals surface area contributed by atoms with Gasteiger partial charge in [0.1, 0.15) is 11.6 Å². The van der Waals surface area contributed by atoms with Crippen LogP contribution in [-0.4, -0.2) is 41.5 Å². The lowest BCUT2D eigenvalue weighted by atomic mass is 10.1. The molecule has 1 saturated carbocycles. The molecule has 10 heteroatoms. The summed E-state index contributed by atoms with van der Waals surface area (Å²) in [5.74, 6) is 1.69. The molecule has 1 aromatic carbocycles. The van der Waals surface area contributed by atoms with Crippen molar-refractivity contribution in [2.24, 2.45) is 0 Å². The maximum atomic E-state index is 14.2. The van der Waals surface area contributed by atoms with E-state index in [0.29, 0.717) is 30.7 Å². The normalized spacial score (nSPS) is 19.0. The molecule has 2 aromatic heterocycles. The van der Waals surface area contributed by atoms with E-state index in [0.717, 1.165) is 29.7 Å². The minimum Gasteiger partial charge on any atom is -0.327 e. The largest absolute Gasteiger partial charge is 0.327 e. The molecule has 7 nitrogen and oxygen atoms in total. The van der Waals surface area contributed by atoms with Gasteiger partial charge in [-0.25, -0.2) is 9.37 Å². The van der Waals surface area contributed by atoms with E-state index in [1.165, 1.54) is 23.7 Å². The van der Waals surface area contributed by atoms with Gasteiger partial charge in [0.15, 0.2) is 16.7 Å². The molecule has 1 atom stereocenters. The van der Waals surface area contributed by atoms with Crippen LogP contribution in [0, 0.1) is 5.82 Å². The molecule has 0 saturated heterocycles. The van der Waals surface area contributed by atoms with Gasteiger partial charge in [0, 0.05) is 24.0 Å². The third-order valence-corrected chi connectivity index (χ3v) is 6.14. The Kier molecular flexibility index (Phi) is 4.17. The van der Waals surface area contributed by atoms with Crippen LogP contribution >= 0.6 is 23.1 Å². The van der Waals surface area contributed by atoms with Crippen molar-refractivity contribution in [3.63, 3.8) is 0 Å². The number of fused-ring (bicyclic) bond motifs is 1. The number of carbonyl (C=O) groups is 1. The predicted octanol–water partition coefficient (Wildman–Crippen LogP) is 3.68. The molecule has 144 valence electrons. The predicted molar refractivity (Wildman–Crippen MR) is 102 cm³/mol. The van der Waals surface area contributed by atoms with Crippen molar-refractivity contribution in [3.8, 4) is 10.8 Å². The van der Waals surface area contributed by atoms with E-state index in [2.05, 4.69) is 19.6 Å². The highest BCUT2D eigenvalue weighted by Crippen LogP contribution is 2.40. The Hall–Kier alpha value is -2.39. The van der Waals surface area contributed by atoms with Gasteiger partial charge in [-0.3, -0.25) is 4.79 Å². The van der Waals surface area contributed by atoms with Crippen LogP contribution in [0.1, 0.15) is 53.7 Å². The number of nitrogens with zero attached hydrogens (tertiary/aromatic N) is 6. The summed E-state index contributed by atoms with van der Waals surface area (Å²) in [4.78, 5) is 19.1. The first-order chi connectivity index (χ1) is 13.5. The molecule has 1 aliphatic heterocycles. The zero-order chi connectivity index (χ0) is 19.4. The second kappa shape index (κ2) is 6.59. The number of hydrogen-bond donors (Lipinski definition) is 0. The Balaban J connectivity index is 1.43. The number of hydrogen-bond acceptors (Lipinski definition) is 6. The quantitative estimate of drug-likeness (QED) is 0.648. The van der Waals surface area contributed by atoms with Crippen molar-refractivity contribution in [1.29, 1.82) is 0 Å². The van der Waals surface area contributed by atoms with Crippen molar-refractivity contribution < 1.29 is 9.18 Å². The number of aromatic nitrogens is 5. The minimum absolute atomic E-state index is 0.00244. The number of carbonyl (C=O) groups excluding carboxylic acids is 1. The first-order valence-corrected chi connectivity index (χ1v) is 10.2. The molecule has 0 unspecified atom stereocenters. The number of benzene rings is 1. The molecule has 0 N–H and O–H groups in total. The van der Waals surface area contributed by atoms with Gasteiger partial charge in [-0.1, -0.05) is 11.6 Å². The summed E-state index contributed by atoms with van der Waals surface area (Å²) in [7, 11) is 0. The Morgan fingerprint density at radius 1 is 1.29 bits per heavy atom. The Morgan fingerprint density at radius 3 is 2.86 bits per heavy atom. The fourth-order valence-electron chi connectivity index (χ4n) is 3.47. The molecule has 3 aromatic rings. The Labute approximate surface area is 169 Å². The lowest BCUT2D eigenvalue weighted by molar-refractivity contribution is 0.0633. The maximum absolute atomic E-state index is 14.2.